The fraction of sp³-hybridized carbons (Fsp3) is 0.889. The van der Waals surface area contributed by atoms with Crippen LogP contribution in [0.15, 0.2) is 0 Å². The van der Waals surface area contributed by atoms with Crippen LogP contribution >= 0.6 is 0 Å². The van der Waals surface area contributed by atoms with E-state index < -0.39 is 0 Å². The van der Waals surface area contributed by atoms with E-state index in [0.717, 1.165) is 19.5 Å². The molecule has 1 unspecified atom stereocenters. The van der Waals surface area contributed by atoms with Gasteiger partial charge in [0.05, 0.1) is 6.54 Å². The highest BCUT2D eigenvalue weighted by molar-refractivity contribution is 5.78. The number of carbonyl (C=O) groups excluding carboxylic acids is 1. The second-order valence-corrected chi connectivity index (χ2v) is 3.72. The van der Waals surface area contributed by atoms with Crippen LogP contribution in [-0.4, -0.2) is 55.0 Å². The molecule has 0 aromatic rings. The number of nitrogens with two attached hydrogens (primary N) is 1. The standard InChI is InChI=1S/C9H19N3O/c1-8(6-10)12-5-3-4-11(2)9(13)7-12/h8H,3-7,10H2,1-2H3. The third kappa shape index (κ3) is 2.67. The third-order valence-corrected chi connectivity index (χ3v) is 2.67. The SMILES string of the molecule is CC(CN)N1CCCN(C)C(=O)C1. The van der Waals surface area contributed by atoms with E-state index >= 15 is 0 Å². The molecule has 1 aliphatic rings. The minimum absolute atomic E-state index is 0.206. The molecule has 0 aromatic carbocycles. The molecule has 0 spiro atoms. The van der Waals surface area contributed by atoms with E-state index in [2.05, 4.69) is 11.8 Å². The van der Waals surface area contributed by atoms with Gasteiger partial charge in [-0.25, -0.2) is 0 Å². The van der Waals surface area contributed by atoms with Crippen molar-refractivity contribution in [3.8, 4) is 0 Å². The Balaban J connectivity index is 2.53. The summed E-state index contributed by atoms with van der Waals surface area (Å²) in [5, 5.41) is 0. The van der Waals surface area contributed by atoms with Gasteiger partial charge in [0.2, 0.25) is 5.91 Å². The van der Waals surface area contributed by atoms with Crippen molar-refractivity contribution in [3.05, 3.63) is 0 Å². The zero-order valence-electron chi connectivity index (χ0n) is 8.49. The molecule has 1 rings (SSSR count). The van der Waals surface area contributed by atoms with Gasteiger partial charge in [-0.05, 0) is 13.3 Å². The molecule has 4 heteroatoms. The van der Waals surface area contributed by atoms with Crippen molar-refractivity contribution in [2.45, 2.75) is 19.4 Å². The van der Waals surface area contributed by atoms with Gasteiger partial charge < -0.3 is 10.6 Å². The smallest absolute Gasteiger partial charge is 0.236 e. The Morgan fingerprint density at radius 1 is 1.54 bits per heavy atom. The number of nitrogens with zero attached hydrogens (tertiary/aromatic N) is 2. The number of likely N-dealkylation sites (N-methyl/N-ethyl adjacent to an activating group) is 1. The summed E-state index contributed by atoms with van der Waals surface area (Å²) in [7, 11) is 1.86. The number of carbonyl (C=O) groups is 1. The number of rotatable bonds is 2. The molecule has 0 bridgehead atoms. The second kappa shape index (κ2) is 4.58. The van der Waals surface area contributed by atoms with Crippen LogP contribution in [0.5, 0.6) is 0 Å². The molecular formula is C9H19N3O. The van der Waals surface area contributed by atoms with Crippen LogP contribution in [0, 0.1) is 0 Å². The molecule has 1 aliphatic heterocycles. The molecule has 1 fully saturated rings. The first-order valence-corrected chi connectivity index (χ1v) is 4.83. The lowest BCUT2D eigenvalue weighted by Crippen LogP contribution is -2.42. The summed E-state index contributed by atoms with van der Waals surface area (Å²) in [5.74, 6) is 0.206. The number of hydrogen-bond acceptors (Lipinski definition) is 3. The van der Waals surface area contributed by atoms with Gasteiger partial charge >= 0.3 is 0 Å². The van der Waals surface area contributed by atoms with Crippen LogP contribution in [0.2, 0.25) is 0 Å². The Morgan fingerprint density at radius 2 is 2.23 bits per heavy atom. The first-order valence-electron chi connectivity index (χ1n) is 4.83. The van der Waals surface area contributed by atoms with Gasteiger partial charge in [0.25, 0.3) is 0 Å². The molecule has 0 aliphatic carbocycles. The maximum atomic E-state index is 11.5. The molecule has 1 saturated heterocycles. The largest absolute Gasteiger partial charge is 0.345 e. The lowest BCUT2D eigenvalue weighted by molar-refractivity contribution is -0.130. The van der Waals surface area contributed by atoms with Crippen LogP contribution in [0.25, 0.3) is 0 Å². The minimum Gasteiger partial charge on any atom is -0.345 e. The van der Waals surface area contributed by atoms with Crippen molar-refractivity contribution < 1.29 is 4.79 Å². The Bertz CT molecular complexity index is 184. The molecule has 1 amide bonds. The number of amides is 1. The highest BCUT2D eigenvalue weighted by Gasteiger charge is 2.21. The molecule has 13 heavy (non-hydrogen) atoms. The van der Waals surface area contributed by atoms with E-state index in [1.54, 1.807) is 4.90 Å². The molecule has 1 atom stereocenters. The van der Waals surface area contributed by atoms with Crippen molar-refractivity contribution in [1.82, 2.24) is 9.80 Å². The van der Waals surface area contributed by atoms with E-state index in [9.17, 15) is 4.79 Å². The summed E-state index contributed by atoms with van der Waals surface area (Å²) < 4.78 is 0. The van der Waals surface area contributed by atoms with Crippen molar-refractivity contribution in [2.75, 3.05) is 33.2 Å². The quantitative estimate of drug-likeness (QED) is 0.631. The van der Waals surface area contributed by atoms with E-state index in [1.807, 2.05) is 7.05 Å². The van der Waals surface area contributed by atoms with Gasteiger partial charge in [-0.2, -0.15) is 0 Å². The fourth-order valence-electron chi connectivity index (χ4n) is 1.53. The number of hydrogen-bond donors (Lipinski definition) is 1. The predicted octanol–water partition coefficient (Wildman–Crippen LogP) is -0.502. The summed E-state index contributed by atoms with van der Waals surface area (Å²) in [6.45, 7) is 5.06. The molecular weight excluding hydrogens is 166 g/mol. The summed E-state index contributed by atoms with van der Waals surface area (Å²) in [4.78, 5) is 15.4. The normalized spacial score (nSPS) is 23.0. The van der Waals surface area contributed by atoms with Gasteiger partial charge in [-0.15, -0.1) is 0 Å². The molecule has 1 heterocycles. The van der Waals surface area contributed by atoms with Gasteiger partial charge in [-0.3, -0.25) is 9.69 Å². The summed E-state index contributed by atoms with van der Waals surface area (Å²) in [5.41, 5.74) is 5.57. The predicted molar refractivity (Wildman–Crippen MR) is 52.3 cm³/mol. The van der Waals surface area contributed by atoms with E-state index in [1.165, 1.54) is 0 Å². The molecule has 2 N–H and O–H groups in total. The molecule has 76 valence electrons. The highest BCUT2D eigenvalue weighted by Crippen LogP contribution is 2.05. The van der Waals surface area contributed by atoms with Crippen LogP contribution in [0.1, 0.15) is 13.3 Å². The highest BCUT2D eigenvalue weighted by atomic mass is 16.2. The summed E-state index contributed by atoms with van der Waals surface area (Å²) in [6, 6.07) is 0.315. The second-order valence-electron chi connectivity index (χ2n) is 3.72. The first kappa shape index (κ1) is 10.5. The molecule has 0 aromatic heterocycles. The Hall–Kier alpha value is -0.610. The fourth-order valence-corrected chi connectivity index (χ4v) is 1.53. The van der Waals surface area contributed by atoms with Crippen molar-refractivity contribution in [2.24, 2.45) is 5.73 Å². The van der Waals surface area contributed by atoms with Crippen LogP contribution in [0.4, 0.5) is 0 Å². The average molecular weight is 185 g/mol. The van der Waals surface area contributed by atoms with Crippen molar-refractivity contribution >= 4 is 5.91 Å². The zero-order valence-corrected chi connectivity index (χ0v) is 8.49. The van der Waals surface area contributed by atoms with Crippen LogP contribution in [0.3, 0.4) is 0 Å². The van der Waals surface area contributed by atoms with E-state index in [0.29, 0.717) is 19.1 Å². The molecule has 0 radical (unpaired) electrons. The van der Waals surface area contributed by atoms with Gasteiger partial charge in [0.15, 0.2) is 0 Å². The molecule has 4 nitrogen and oxygen atoms in total. The van der Waals surface area contributed by atoms with Crippen LogP contribution in [-0.2, 0) is 4.79 Å². The Morgan fingerprint density at radius 3 is 2.85 bits per heavy atom. The minimum atomic E-state index is 0.206. The van der Waals surface area contributed by atoms with Crippen LogP contribution < -0.4 is 5.73 Å². The lowest BCUT2D eigenvalue weighted by atomic mass is 10.2. The monoisotopic (exact) mass is 185 g/mol. The topological polar surface area (TPSA) is 49.6 Å². The van der Waals surface area contributed by atoms with E-state index in [4.69, 9.17) is 5.73 Å². The maximum Gasteiger partial charge on any atom is 0.236 e. The Kier molecular flexibility index (Phi) is 3.69. The third-order valence-electron chi connectivity index (χ3n) is 2.67. The average Bonchev–Trinajstić information content (AvgIpc) is 2.28. The van der Waals surface area contributed by atoms with E-state index in [-0.39, 0.29) is 5.91 Å². The Labute approximate surface area is 79.7 Å². The lowest BCUT2D eigenvalue weighted by Gasteiger charge is -2.25. The molecule has 0 saturated carbocycles. The zero-order chi connectivity index (χ0) is 9.84. The summed E-state index contributed by atoms with van der Waals surface area (Å²) >= 11 is 0. The van der Waals surface area contributed by atoms with Gasteiger partial charge in [-0.1, -0.05) is 0 Å². The first-order chi connectivity index (χ1) is 6.15. The maximum absolute atomic E-state index is 11.5. The van der Waals surface area contributed by atoms with Crippen molar-refractivity contribution in [3.63, 3.8) is 0 Å². The summed E-state index contributed by atoms with van der Waals surface area (Å²) in [6.07, 6.45) is 1.05. The van der Waals surface area contributed by atoms with Gasteiger partial charge in [0.1, 0.15) is 0 Å². The van der Waals surface area contributed by atoms with Gasteiger partial charge in [0, 0.05) is 32.7 Å². The van der Waals surface area contributed by atoms with Crippen molar-refractivity contribution in [1.29, 1.82) is 0 Å².